The van der Waals surface area contributed by atoms with Crippen LogP contribution in [0.3, 0.4) is 0 Å². The predicted octanol–water partition coefficient (Wildman–Crippen LogP) is 2.89. The van der Waals surface area contributed by atoms with Crippen molar-refractivity contribution in [3.63, 3.8) is 0 Å². The van der Waals surface area contributed by atoms with Gasteiger partial charge in [-0.2, -0.15) is 0 Å². The molecule has 0 spiro atoms. The predicted molar refractivity (Wildman–Crippen MR) is 74.2 cm³/mol. The molecule has 2 rings (SSSR count). The van der Waals surface area contributed by atoms with E-state index in [2.05, 4.69) is 31.1 Å². The van der Waals surface area contributed by atoms with E-state index in [1.807, 2.05) is 0 Å². The summed E-state index contributed by atoms with van der Waals surface area (Å²) in [5.41, 5.74) is 0. The van der Waals surface area contributed by atoms with Crippen LogP contribution in [0.15, 0.2) is 0 Å². The Hall–Kier alpha value is -0.0800. The second-order valence-electron chi connectivity index (χ2n) is 6.44. The van der Waals surface area contributed by atoms with E-state index in [-0.39, 0.29) is 0 Å². The molecule has 100 valence electrons. The van der Waals surface area contributed by atoms with Crippen molar-refractivity contribution >= 4 is 0 Å². The first-order chi connectivity index (χ1) is 8.20. The first kappa shape index (κ1) is 13.4. The van der Waals surface area contributed by atoms with Gasteiger partial charge in [0.15, 0.2) is 0 Å². The van der Waals surface area contributed by atoms with Crippen LogP contribution in [0.4, 0.5) is 0 Å². The zero-order chi connectivity index (χ0) is 12.3. The molecule has 17 heavy (non-hydrogen) atoms. The summed E-state index contributed by atoms with van der Waals surface area (Å²) in [6, 6.07) is 1.64. The summed E-state index contributed by atoms with van der Waals surface area (Å²) in [6.07, 6.45) is 8.62. The average Bonchev–Trinajstić information content (AvgIpc) is 2.65. The summed E-state index contributed by atoms with van der Waals surface area (Å²) >= 11 is 0. The van der Waals surface area contributed by atoms with E-state index < -0.39 is 0 Å². The molecule has 1 N–H and O–H groups in total. The average molecular weight is 238 g/mol. The Balaban J connectivity index is 1.82. The van der Waals surface area contributed by atoms with Crippen molar-refractivity contribution in [2.24, 2.45) is 11.8 Å². The molecule has 0 bridgehead atoms. The zero-order valence-electron chi connectivity index (χ0n) is 11.9. The largest absolute Gasteiger partial charge is 0.316 e. The Kier molecular flexibility index (Phi) is 4.87. The van der Waals surface area contributed by atoms with Crippen molar-refractivity contribution in [3.8, 4) is 0 Å². The monoisotopic (exact) mass is 238 g/mol. The van der Waals surface area contributed by atoms with Crippen molar-refractivity contribution < 1.29 is 0 Å². The van der Waals surface area contributed by atoms with Crippen molar-refractivity contribution in [1.82, 2.24) is 10.2 Å². The van der Waals surface area contributed by atoms with Gasteiger partial charge in [-0.25, -0.2) is 0 Å². The lowest BCUT2D eigenvalue weighted by Gasteiger charge is -2.27. The molecular weight excluding hydrogens is 208 g/mol. The molecule has 2 nitrogen and oxygen atoms in total. The van der Waals surface area contributed by atoms with Gasteiger partial charge in [0.1, 0.15) is 0 Å². The van der Waals surface area contributed by atoms with Gasteiger partial charge in [0.2, 0.25) is 0 Å². The van der Waals surface area contributed by atoms with E-state index in [0.717, 1.165) is 23.9 Å². The Morgan fingerprint density at radius 2 is 1.88 bits per heavy atom. The van der Waals surface area contributed by atoms with Gasteiger partial charge in [0.05, 0.1) is 0 Å². The van der Waals surface area contributed by atoms with E-state index in [1.54, 1.807) is 0 Å². The fourth-order valence-electron chi connectivity index (χ4n) is 3.70. The normalized spacial score (nSPS) is 36.4. The highest BCUT2D eigenvalue weighted by molar-refractivity contribution is 4.86. The second kappa shape index (κ2) is 6.19. The van der Waals surface area contributed by atoms with Crippen LogP contribution >= 0.6 is 0 Å². The van der Waals surface area contributed by atoms with Crippen LogP contribution in [0.5, 0.6) is 0 Å². The molecule has 0 aromatic heterocycles. The maximum Gasteiger partial charge on any atom is 0.0204 e. The van der Waals surface area contributed by atoms with Gasteiger partial charge in [-0.05, 0) is 44.6 Å². The number of rotatable bonds is 3. The van der Waals surface area contributed by atoms with E-state index in [4.69, 9.17) is 0 Å². The molecule has 1 heterocycles. The zero-order valence-corrected chi connectivity index (χ0v) is 11.9. The number of nitrogens with zero attached hydrogens (tertiary/aromatic N) is 1. The quantitative estimate of drug-likeness (QED) is 0.761. The van der Waals surface area contributed by atoms with Crippen LogP contribution < -0.4 is 5.32 Å². The molecule has 0 amide bonds. The highest BCUT2D eigenvalue weighted by atomic mass is 15.2. The molecule has 3 atom stereocenters. The minimum absolute atomic E-state index is 0.749. The summed E-state index contributed by atoms with van der Waals surface area (Å²) in [6.45, 7) is 7.41. The molecule has 1 aliphatic carbocycles. The van der Waals surface area contributed by atoms with Crippen molar-refractivity contribution in [3.05, 3.63) is 0 Å². The van der Waals surface area contributed by atoms with Crippen LogP contribution in [-0.2, 0) is 0 Å². The third kappa shape index (κ3) is 3.45. The Morgan fingerprint density at radius 3 is 2.53 bits per heavy atom. The standard InChI is InChI=1S/C15H30N2/c1-12(2)13-5-4-6-15(8-7-13)17-10-9-14(11-17)16-3/h12-16H,4-11H2,1-3H3. The van der Waals surface area contributed by atoms with E-state index >= 15 is 0 Å². The number of hydrogen-bond donors (Lipinski definition) is 1. The minimum Gasteiger partial charge on any atom is -0.316 e. The highest BCUT2D eigenvalue weighted by Crippen LogP contribution is 2.31. The lowest BCUT2D eigenvalue weighted by Crippen LogP contribution is -2.36. The smallest absolute Gasteiger partial charge is 0.0204 e. The first-order valence-corrected chi connectivity index (χ1v) is 7.62. The first-order valence-electron chi connectivity index (χ1n) is 7.62. The van der Waals surface area contributed by atoms with Gasteiger partial charge in [0, 0.05) is 25.2 Å². The minimum atomic E-state index is 0.749. The van der Waals surface area contributed by atoms with Crippen LogP contribution in [-0.4, -0.2) is 37.1 Å². The van der Waals surface area contributed by atoms with Crippen LogP contribution in [0.25, 0.3) is 0 Å². The van der Waals surface area contributed by atoms with E-state index in [0.29, 0.717) is 0 Å². The topological polar surface area (TPSA) is 15.3 Å². The van der Waals surface area contributed by atoms with Gasteiger partial charge in [-0.15, -0.1) is 0 Å². The highest BCUT2D eigenvalue weighted by Gasteiger charge is 2.29. The molecule has 2 heteroatoms. The molecule has 2 aliphatic rings. The van der Waals surface area contributed by atoms with E-state index in [9.17, 15) is 0 Å². The molecule has 0 aromatic rings. The number of nitrogens with one attached hydrogen (secondary N) is 1. The molecule has 0 aromatic carbocycles. The number of likely N-dealkylation sites (N-methyl/N-ethyl adjacent to an activating group) is 1. The van der Waals surface area contributed by atoms with E-state index in [1.165, 1.54) is 51.6 Å². The third-order valence-corrected chi connectivity index (χ3v) is 5.07. The van der Waals surface area contributed by atoms with Crippen molar-refractivity contribution in [1.29, 1.82) is 0 Å². The lowest BCUT2D eigenvalue weighted by atomic mass is 9.89. The Morgan fingerprint density at radius 1 is 1.06 bits per heavy atom. The van der Waals surface area contributed by atoms with Crippen molar-refractivity contribution in [2.45, 2.75) is 64.5 Å². The van der Waals surface area contributed by atoms with Gasteiger partial charge >= 0.3 is 0 Å². The fourth-order valence-corrected chi connectivity index (χ4v) is 3.70. The maximum absolute atomic E-state index is 3.43. The lowest BCUT2D eigenvalue weighted by molar-refractivity contribution is 0.212. The molecule has 1 aliphatic heterocycles. The SMILES string of the molecule is CNC1CCN(C2CCCC(C(C)C)CC2)C1. The Labute approximate surface area is 107 Å². The number of likely N-dealkylation sites (tertiary alicyclic amines) is 1. The summed E-state index contributed by atoms with van der Waals surface area (Å²) in [4.78, 5) is 2.75. The van der Waals surface area contributed by atoms with Crippen LogP contribution in [0.1, 0.15) is 52.4 Å². The Bertz CT molecular complexity index is 227. The van der Waals surface area contributed by atoms with Gasteiger partial charge in [-0.1, -0.05) is 26.7 Å². The molecule has 3 unspecified atom stereocenters. The molecule has 1 saturated heterocycles. The van der Waals surface area contributed by atoms with Gasteiger partial charge < -0.3 is 5.32 Å². The summed E-state index contributed by atoms with van der Waals surface area (Å²) in [5.74, 6) is 1.88. The van der Waals surface area contributed by atoms with Crippen LogP contribution in [0, 0.1) is 11.8 Å². The molecule has 2 fully saturated rings. The summed E-state index contributed by atoms with van der Waals surface area (Å²) < 4.78 is 0. The maximum atomic E-state index is 3.43. The molecule has 0 radical (unpaired) electrons. The second-order valence-corrected chi connectivity index (χ2v) is 6.44. The number of hydrogen-bond acceptors (Lipinski definition) is 2. The van der Waals surface area contributed by atoms with Gasteiger partial charge in [0.25, 0.3) is 0 Å². The summed E-state index contributed by atoms with van der Waals surface area (Å²) in [5, 5.41) is 3.43. The van der Waals surface area contributed by atoms with Crippen molar-refractivity contribution in [2.75, 3.05) is 20.1 Å². The molecular formula is C15H30N2. The van der Waals surface area contributed by atoms with Crippen LogP contribution in [0.2, 0.25) is 0 Å². The third-order valence-electron chi connectivity index (χ3n) is 5.07. The van der Waals surface area contributed by atoms with Gasteiger partial charge in [-0.3, -0.25) is 4.90 Å². The fraction of sp³-hybridized carbons (Fsp3) is 1.00. The molecule has 1 saturated carbocycles. The summed E-state index contributed by atoms with van der Waals surface area (Å²) in [7, 11) is 2.11.